The molecule has 0 radical (unpaired) electrons. The first-order chi connectivity index (χ1) is 10.7. The Morgan fingerprint density at radius 2 is 2.00 bits per heavy atom. The summed E-state index contributed by atoms with van der Waals surface area (Å²) in [6.07, 6.45) is 6.78. The van der Waals surface area contributed by atoms with Crippen LogP contribution in [-0.2, 0) is 6.54 Å². The number of pyridine rings is 1. The third-order valence-electron chi connectivity index (χ3n) is 3.16. The standard InChI is InChI=1S/C16H13FN4O/c17-14-5-3-12(4-6-14)16(22)20-10-13-2-1-7-19-15(13)21-9-8-18-11-21/h1-9,11H,10H2,(H,20,22). The SMILES string of the molecule is O=C(NCc1cccnc1-n1ccnc1)c1ccc(F)cc1. The number of imidazole rings is 1. The van der Waals surface area contributed by atoms with Crippen molar-refractivity contribution in [3.05, 3.63) is 78.3 Å². The normalized spacial score (nSPS) is 10.4. The second-order valence-electron chi connectivity index (χ2n) is 4.65. The predicted octanol–water partition coefficient (Wildman–Crippen LogP) is 2.34. The molecule has 0 saturated carbocycles. The second kappa shape index (κ2) is 6.17. The molecule has 0 aliphatic heterocycles. The molecular formula is C16H13FN4O. The number of benzene rings is 1. The minimum atomic E-state index is -0.369. The van der Waals surface area contributed by atoms with Crippen molar-refractivity contribution in [2.24, 2.45) is 0 Å². The van der Waals surface area contributed by atoms with Crippen LogP contribution >= 0.6 is 0 Å². The monoisotopic (exact) mass is 296 g/mol. The van der Waals surface area contributed by atoms with E-state index < -0.39 is 0 Å². The Morgan fingerprint density at radius 3 is 2.73 bits per heavy atom. The van der Waals surface area contributed by atoms with Gasteiger partial charge in [-0.2, -0.15) is 0 Å². The smallest absolute Gasteiger partial charge is 0.251 e. The molecule has 0 unspecified atom stereocenters. The Bertz CT molecular complexity index is 769. The Labute approximate surface area is 126 Å². The summed E-state index contributed by atoms with van der Waals surface area (Å²) in [5, 5.41) is 2.80. The highest BCUT2D eigenvalue weighted by molar-refractivity contribution is 5.94. The van der Waals surface area contributed by atoms with E-state index in [-0.39, 0.29) is 11.7 Å². The maximum atomic E-state index is 12.9. The van der Waals surface area contributed by atoms with Crippen molar-refractivity contribution in [2.75, 3.05) is 0 Å². The van der Waals surface area contributed by atoms with Crippen molar-refractivity contribution < 1.29 is 9.18 Å². The molecule has 0 spiro atoms. The highest BCUT2D eigenvalue weighted by Gasteiger charge is 2.09. The maximum absolute atomic E-state index is 12.9. The van der Waals surface area contributed by atoms with E-state index in [1.165, 1.54) is 24.3 Å². The summed E-state index contributed by atoms with van der Waals surface area (Å²) < 4.78 is 14.6. The van der Waals surface area contributed by atoms with E-state index in [2.05, 4.69) is 15.3 Å². The lowest BCUT2D eigenvalue weighted by Crippen LogP contribution is -2.23. The molecule has 1 aromatic carbocycles. The number of amides is 1. The van der Waals surface area contributed by atoms with Crippen molar-refractivity contribution in [2.45, 2.75) is 6.54 Å². The average Bonchev–Trinajstić information content (AvgIpc) is 3.08. The van der Waals surface area contributed by atoms with Gasteiger partial charge in [0.15, 0.2) is 0 Å². The molecule has 2 aromatic heterocycles. The van der Waals surface area contributed by atoms with Crippen molar-refractivity contribution in [1.82, 2.24) is 19.9 Å². The molecule has 3 rings (SSSR count). The quantitative estimate of drug-likeness (QED) is 0.804. The van der Waals surface area contributed by atoms with Gasteiger partial charge in [-0.05, 0) is 30.3 Å². The van der Waals surface area contributed by atoms with E-state index >= 15 is 0 Å². The van der Waals surface area contributed by atoms with Gasteiger partial charge in [0, 0.05) is 36.3 Å². The van der Waals surface area contributed by atoms with Crippen LogP contribution in [0.2, 0.25) is 0 Å². The molecule has 6 heteroatoms. The fourth-order valence-corrected chi connectivity index (χ4v) is 2.06. The van der Waals surface area contributed by atoms with Gasteiger partial charge >= 0.3 is 0 Å². The van der Waals surface area contributed by atoms with E-state index in [0.717, 1.165) is 5.56 Å². The van der Waals surface area contributed by atoms with Crippen molar-refractivity contribution in [3.63, 3.8) is 0 Å². The fourth-order valence-electron chi connectivity index (χ4n) is 2.06. The first-order valence-corrected chi connectivity index (χ1v) is 6.70. The maximum Gasteiger partial charge on any atom is 0.251 e. The van der Waals surface area contributed by atoms with Crippen molar-refractivity contribution in [1.29, 1.82) is 0 Å². The van der Waals surface area contributed by atoms with E-state index in [0.29, 0.717) is 17.9 Å². The summed E-state index contributed by atoms with van der Waals surface area (Å²) >= 11 is 0. The van der Waals surface area contributed by atoms with Crippen LogP contribution in [0.15, 0.2) is 61.3 Å². The summed E-state index contributed by atoms with van der Waals surface area (Å²) in [6.45, 7) is 0.317. The number of aromatic nitrogens is 3. The summed E-state index contributed by atoms with van der Waals surface area (Å²) in [6, 6.07) is 9.11. The van der Waals surface area contributed by atoms with Gasteiger partial charge in [-0.3, -0.25) is 9.36 Å². The van der Waals surface area contributed by atoms with Crippen LogP contribution in [-0.4, -0.2) is 20.4 Å². The fraction of sp³-hybridized carbons (Fsp3) is 0.0625. The van der Waals surface area contributed by atoms with Crippen molar-refractivity contribution in [3.8, 4) is 5.82 Å². The summed E-state index contributed by atoms with van der Waals surface area (Å²) in [4.78, 5) is 20.4. The topological polar surface area (TPSA) is 59.8 Å². The third-order valence-corrected chi connectivity index (χ3v) is 3.16. The number of hydrogen-bond acceptors (Lipinski definition) is 3. The van der Waals surface area contributed by atoms with Crippen LogP contribution in [0.25, 0.3) is 5.82 Å². The molecule has 1 amide bonds. The van der Waals surface area contributed by atoms with Crippen LogP contribution in [0.3, 0.4) is 0 Å². The number of nitrogens with one attached hydrogen (secondary N) is 1. The minimum Gasteiger partial charge on any atom is -0.348 e. The lowest BCUT2D eigenvalue weighted by molar-refractivity contribution is 0.0951. The second-order valence-corrected chi connectivity index (χ2v) is 4.65. The van der Waals surface area contributed by atoms with Crippen LogP contribution in [0.1, 0.15) is 15.9 Å². The zero-order chi connectivity index (χ0) is 15.4. The molecule has 0 bridgehead atoms. The van der Waals surface area contributed by atoms with Crippen LogP contribution in [0.5, 0.6) is 0 Å². The molecule has 0 atom stereocenters. The Hall–Kier alpha value is -3.02. The van der Waals surface area contributed by atoms with Crippen LogP contribution < -0.4 is 5.32 Å². The zero-order valence-electron chi connectivity index (χ0n) is 11.6. The number of carbonyl (C=O) groups is 1. The summed E-state index contributed by atoms with van der Waals surface area (Å²) in [5.74, 6) is 0.0750. The Balaban J connectivity index is 1.74. The number of halogens is 1. The highest BCUT2D eigenvalue weighted by Crippen LogP contribution is 2.11. The summed E-state index contributed by atoms with van der Waals surface area (Å²) in [7, 11) is 0. The van der Waals surface area contributed by atoms with Gasteiger partial charge in [0.2, 0.25) is 0 Å². The molecule has 1 N–H and O–H groups in total. The third kappa shape index (κ3) is 3.01. The zero-order valence-corrected chi connectivity index (χ0v) is 11.6. The lowest BCUT2D eigenvalue weighted by Gasteiger charge is -2.10. The molecular weight excluding hydrogens is 283 g/mol. The molecule has 22 heavy (non-hydrogen) atoms. The number of rotatable bonds is 4. The molecule has 110 valence electrons. The van der Waals surface area contributed by atoms with Gasteiger partial charge in [0.05, 0.1) is 0 Å². The largest absolute Gasteiger partial charge is 0.348 e. The molecule has 0 saturated heterocycles. The van der Waals surface area contributed by atoms with Gasteiger partial charge in [0.25, 0.3) is 5.91 Å². The van der Waals surface area contributed by atoms with Gasteiger partial charge in [-0.15, -0.1) is 0 Å². The molecule has 3 aromatic rings. The van der Waals surface area contributed by atoms with Gasteiger partial charge in [-0.1, -0.05) is 6.07 Å². The first kappa shape index (κ1) is 13.9. The van der Waals surface area contributed by atoms with Gasteiger partial charge in [0.1, 0.15) is 18.0 Å². The van der Waals surface area contributed by atoms with Crippen molar-refractivity contribution >= 4 is 5.91 Å². The van der Waals surface area contributed by atoms with Crippen LogP contribution in [0.4, 0.5) is 4.39 Å². The molecule has 5 nitrogen and oxygen atoms in total. The van der Waals surface area contributed by atoms with E-state index in [4.69, 9.17) is 0 Å². The van der Waals surface area contributed by atoms with E-state index in [1.807, 2.05) is 6.07 Å². The Kier molecular flexibility index (Phi) is 3.91. The van der Waals surface area contributed by atoms with Gasteiger partial charge in [-0.25, -0.2) is 14.4 Å². The number of carbonyl (C=O) groups excluding carboxylic acids is 1. The predicted molar refractivity (Wildman–Crippen MR) is 78.9 cm³/mol. The molecule has 0 aliphatic rings. The molecule has 2 heterocycles. The Morgan fingerprint density at radius 1 is 1.18 bits per heavy atom. The molecule has 0 aliphatic carbocycles. The van der Waals surface area contributed by atoms with Crippen LogP contribution in [0, 0.1) is 5.82 Å². The average molecular weight is 296 g/mol. The van der Waals surface area contributed by atoms with Gasteiger partial charge < -0.3 is 5.32 Å². The highest BCUT2D eigenvalue weighted by atomic mass is 19.1. The van der Waals surface area contributed by atoms with E-state index in [1.54, 1.807) is 35.6 Å². The van der Waals surface area contributed by atoms with E-state index in [9.17, 15) is 9.18 Å². The molecule has 0 fully saturated rings. The number of nitrogens with zero attached hydrogens (tertiary/aromatic N) is 3. The minimum absolute atomic E-state index is 0.263. The summed E-state index contributed by atoms with van der Waals surface area (Å²) in [5.41, 5.74) is 1.27. The number of hydrogen-bond donors (Lipinski definition) is 1. The first-order valence-electron chi connectivity index (χ1n) is 6.70. The lowest BCUT2D eigenvalue weighted by atomic mass is 10.2.